The van der Waals surface area contributed by atoms with E-state index in [1.54, 1.807) is 0 Å². The summed E-state index contributed by atoms with van der Waals surface area (Å²) in [5, 5.41) is 18.3. The molecule has 26 heavy (non-hydrogen) atoms. The number of carboxylic acid groups (broad SMARTS) is 1. The highest BCUT2D eigenvalue weighted by Gasteiger charge is 2.05. The monoisotopic (exact) mass is 388 g/mol. The Balaban J connectivity index is 3.10. The summed E-state index contributed by atoms with van der Waals surface area (Å²) in [7, 11) is 0. The Morgan fingerprint density at radius 2 is 1.12 bits per heavy atom. The van der Waals surface area contributed by atoms with Crippen LogP contribution < -0.4 is 0 Å². The maximum absolute atomic E-state index is 10.4. The molecule has 1 atom stereocenters. The molecule has 0 aromatic heterocycles. The van der Waals surface area contributed by atoms with Crippen molar-refractivity contribution in [1.82, 2.24) is 0 Å². The lowest BCUT2D eigenvalue weighted by Crippen LogP contribution is -2.11. The van der Waals surface area contributed by atoms with Crippen molar-refractivity contribution in [2.45, 2.75) is 122 Å². The van der Waals surface area contributed by atoms with Crippen molar-refractivity contribution in [3.63, 3.8) is 0 Å². The van der Waals surface area contributed by atoms with E-state index >= 15 is 0 Å². The van der Waals surface area contributed by atoms with E-state index in [4.69, 9.17) is 5.11 Å². The number of aliphatic hydroxyl groups is 1. The molecule has 0 aromatic rings. The van der Waals surface area contributed by atoms with E-state index in [-0.39, 0.29) is 11.9 Å². The minimum absolute atomic E-state index is 0.0933. The molecule has 0 bridgehead atoms. The fourth-order valence-corrected chi connectivity index (χ4v) is 4.02. The zero-order chi connectivity index (χ0) is 19.3. The minimum atomic E-state index is -0.801. The van der Waals surface area contributed by atoms with Gasteiger partial charge in [0.1, 0.15) is 0 Å². The van der Waals surface area contributed by atoms with Gasteiger partial charge >= 0.3 is 5.97 Å². The zero-order valence-corrected chi connectivity index (χ0v) is 18.0. The molecule has 0 spiro atoms. The van der Waals surface area contributed by atoms with Crippen LogP contribution in [0.25, 0.3) is 0 Å². The fourth-order valence-electron chi connectivity index (χ4n) is 3.29. The van der Waals surface area contributed by atoms with Gasteiger partial charge in [0.15, 0.2) is 0 Å². The molecule has 0 heterocycles. The third-order valence-corrected chi connectivity index (χ3v) is 6.00. The Morgan fingerprint density at radius 1 is 0.731 bits per heavy atom. The Labute approximate surface area is 166 Å². The van der Waals surface area contributed by atoms with Gasteiger partial charge in [0.05, 0.1) is 11.9 Å². The van der Waals surface area contributed by atoms with Crippen LogP contribution >= 0.6 is 11.8 Å². The third kappa shape index (κ3) is 21.8. The minimum Gasteiger partial charge on any atom is -0.481 e. The van der Waals surface area contributed by atoms with Gasteiger partial charge in [0.25, 0.3) is 0 Å². The highest BCUT2D eigenvalue weighted by molar-refractivity contribution is 7.99. The molecule has 0 fully saturated rings. The fraction of sp³-hybridized carbons (Fsp3) is 0.955. The Bertz CT molecular complexity index is 297. The standard InChI is InChI=1S/C22H44O3S/c1-2-3-4-5-6-7-8-9-10-11-12-13-14-15-16-17-18-21(23)19-26-20-22(24)25/h21,23H,2-20H2,1H3,(H,24,25). The summed E-state index contributed by atoms with van der Waals surface area (Å²) in [4.78, 5) is 10.4. The van der Waals surface area contributed by atoms with Gasteiger partial charge < -0.3 is 10.2 Å². The van der Waals surface area contributed by atoms with Crippen LogP contribution in [0.2, 0.25) is 0 Å². The predicted octanol–water partition coefficient (Wildman–Crippen LogP) is 6.82. The normalized spacial score (nSPS) is 12.4. The van der Waals surface area contributed by atoms with E-state index in [2.05, 4.69) is 6.92 Å². The molecule has 0 rings (SSSR count). The number of aliphatic carboxylic acids is 1. The number of aliphatic hydroxyl groups excluding tert-OH is 1. The van der Waals surface area contributed by atoms with Crippen molar-refractivity contribution >= 4 is 17.7 Å². The van der Waals surface area contributed by atoms with Crippen LogP contribution in [0.15, 0.2) is 0 Å². The van der Waals surface area contributed by atoms with Crippen LogP contribution in [-0.4, -0.2) is 33.8 Å². The molecule has 0 aromatic carbocycles. The molecule has 156 valence electrons. The topological polar surface area (TPSA) is 57.5 Å². The summed E-state index contributed by atoms with van der Waals surface area (Å²) in [5.74, 6) is -0.161. The van der Waals surface area contributed by atoms with Crippen LogP contribution in [0.5, 0.6) is 0 Å². The highest BCUT2D eigenvalue weighted by atomic mass is 32.2. The van der Waals surface area contributed by atoms with Gasteiger partial charge in [-0.05, 0) is 6.42 Å². The van der Waals surface area contributed by atoms with E-state index in [1.165, 1.54) is 108 Å². The number of thioether (sulfide) groups is 1. The van der Waals surface area contributed by atoms with Gasteiger partial charge in [0.2, 0.25) is 0 Å². The van der Waals surface area contributed by atoms with Crippen molar-refractivity contribution in [3.8, 4) is 0 Å². The maximum atomic E-state index is 10.4. The van der Waals surface area contributed by atoms with Gasteiger partial charge in [-0.2, -0.15) is 0 Å². The number of hydrogen-bond acceptors (Lipinski definition) is 3. The average Bonchev–Trinajstić information content (AvgIpc) is 2.61. The largest absolute Gasteiger partial charge is 0.481 e. The number of unbranched alkanes of at least 4 members (excludes halogenated alkanes) is 15. The van der Waals surface area contributed by atoms with E-state index < -0.39 is 5.97 Å². The van der Waals surface area contributed by atoms with Crippen LogP contribution in [0.4, 0.5) is 0 Å². The second-order valence-corrected chi connectivity index (χ2v) is 8.68. The number of hydrogen-bond donors (Lipinski definition) is 2. The molecule has 2 N–H and O–H groups in total. The first-order valence-corrected chi connectivity index (χ1v) is 12.3. The van der Waals surface area contributed by atoms with Crippen molar-refractivity contribution < 1.29 is 15.0 Å². The molecule has 0 amide bonds. The van der Waals surface area contributed by atoms with E-state index in [1.807, 2.05) is 0 Å². The first-order valence-electron chi connectivity index (χ1n) is 11.1. The molecule has 0 aliphatic heterocycles. The van der Waals surface area contributed by atoms with Crippen LogP contribution in [-0.2, 0) is 4.79 Å². The molecular weight excluding hydrogens is 344 g/mol. The van der Waals surface area contributed by atoms with Gasteiger partial charge in [0, 0.05) is 5.75 Å². The number of rotatable bonds is 21. The molecule has 0 saturated heterocycles. The SMILES string of the molecule is CCCCCCCCCCCCCCCCCCC(O)CSCC(=O)O. The Hall–Kier alpha value is -0.220. The van der Waals surface area contributed by atoms with Gasteiger partial charge in [-0.3, -0.25) is 4.79 Å². The summed E-state index contributed by atoms with van der Waals surface area (Å²) in [5.41, 5.74) is 0. The molecule has 0 aliphatic rings. The summed E-state index contributed by atoms with van der Waals surface area (Å²) in [6.07, 6.45) is 22.2. The lowest BCUT2D eigenvalue weighted by atomic mass is 10.0. The maximum Gasteiger partial charge on any atom is 0.313 e. The van der Waals surface area contributed by atoms with Crippen molar-refractivity contribution in [2.75, 3.05) is 11.5 Å². The van der Waals surface area contributed by atoms with Crippen LogP contribution in [0.3, 0.4) is 0 Å². The molecule has 0 radical (unpaired) electrons. The average molecular weight is 389 g/mol. The third-order valence-electron chi connectivity index (χ3n) is 4.93. The van der Waals surface area contributed by atoms with E-state index in [9.17, 15) is 9.90 Å². The molecule has 4 heteroatoms. The van der Waals surface area contributed by atoms with Gasteiger partial charge in [-0.1, -0.05) is 110 Å². The van der Waals surface area contributed by atoms with Gasteiger partial charge in [-0.15, -0.1) is 11.8 Å². The van der Waals surface area contributed by atoms with Crippen molar-refractivity contribution in [1.29, 1.82) is 0 Å². The second kappa shape index (κ2) is 21.1. The smallest absolute Gasteiger partial charge is 0.313 e. The predicted molar refractivity (Wildman–Crippen MR) is 115 cm³/mol. The van der Waals surface area contributed by atoms with Crippen molar-refractivity contribution in [3.05, 3.63) is 0 Å². The molecule has 3 nitrogen and oxygen atoms in total. The molecule has 1 unspecified atom stereocenters. The number of carbonyl (C=O) groups is 1. The molecule has 0 aliphatic carbocycles. The number of carboxylic acids is 1. The summed E-state index contributed by atoms with van der Waals surface area (Å²) in [6, 6.07) is 0. The zero-order valence-electron chi connectivity index (χ0n) is 17.2. The van der Waals surface area contributed by atoms with Crippen molar-refractivity contribution in [2.24, 2.45) is 0 Å². The summed E-state index contributed by atoms with van der Waals surface area (Å²) in [6.45, 7) is 2.27. The second-order valence-electron chi connectivity index (χ2n) is 7.65. The van der Waals surface area contributed by atoms with Crippen LogP contribution in [0.1, 0.15) is 116 Å². The Morgan fingerprint density at radius 3 is 1.50 bits per heavy atom. The molecule has 0 saturated carbocycles. The van der Waals surface area contributed by atoms with Crippen LogP contribution in [0, 0.1) is 0 Å². The van der Waals surface area contributed by atoms with Gasteiger partial charge in [-0.25, -0.2) is 0 Å². The summed E-state index contributed by atoms with van der Waals surface area (Å²) < 4.78 is 0. The highest BCUT2D eigenvalue weighted by Crippen LogP contribution is 2.15. The Kier molecular flexibility index (Phi) is 20.9. The first-order chi connectivity index (χ1) is 12.7. The lowest BCUT2D eigenvalue weighted by Gasteiger charge is -2.09. The summed E-state index contributed by atoms with van der Waals surface area (Å²) >= 11 is 1.31. The first kappa shape index (κ1) is 25.8. The quantitative estimate of drug-likeness (QED) is 0.212. The lowest BCUT2D eigenvalue weighted by molar-refractivity contribution is -0.133. The van der Waals surface area contributed by atoms with E-state index in [0.717, 1.165) is 12.8 Å². The molecular formula is C22H44O3S. The van der Waals surface area contributed by atoms with E-state index in [0.29, 0.717) is 5.75 Å².